The van der Waals surface area contributed by atoms with Gasteiger partial charge in [-0.05, 0) is 87.8 Å². The molecule has 1 amide bonds. The van der Waals surface area contributed by atoms with Crippen LogP contribution in [0, 0.1) is 17.8 Å². The first-order valence-electron chi connectivity index (χ1n) is 10.7. The molecule has 2 N–H and O–H groups in total. The van der Waals surface area contributed by atoms with E-state index in [2.05, 4.69) is 15.0 Å². The van der Waals surface area contributed by atoms with E-state index >= 15 is 0 Å². The average Bonchev–Trinajstić information content (AvgIpc) is 3.27. The summed E-state index contributed by atoms with van der Waals surface area (Å²) in [7, 11) is 0. The van der Waals surface area contributed by atoms with Crippen molar-refractivity contribution in [3.8, 4) is 0 Å². The Bertz CT molecular complexity index is 860. The predicted molar refractivity (Wildman–Crippen MR) is 104 cm³/mol. The van der Waals surface area contributed by atoms with Crippen LogP contribution >= 0.6 is 0 Å². The van der Waals surface area contributed by atoms with Crippen LogP contribution in [0.4, 0.5) is 0 Å². The van der Waals surface area contributed by atoms with E-state index < -0.39 is 0 Å². The molecule has 1 aliphatic heterocycles. The first kappa shape index (κ1) is 16.1. The number of nitrogens with one attached hydrogen (secondary N) is 2. The second-order valence-electron chi connectivity index (χ2n) is 9.58. The Labute approximate surface area is 159 Å². The number of aromatic nitrogens is 2. The van der Waals surface area contributed by atoms with Gasteiger partial charge >= 0.3 is 0 Å². The van der Waals surface area contributed by atoms with Crippen LogP contribution in [0.1, 0.15) is 73.7 Å². The molecule has 0 spiro atoms. The van der Waals surface area contributed by atoms with Gasteiger partial charge in [0.05, 0.1) is 11.6 Å². The molecule has 4 aliphatic carbocycles. The predicted octanol–water partition coefficient (Wildman–Crippen LogP) is 3.46. The molecule has 0 radical (unpaired) electrons. The van der Waals surface area contributed by atoms with E-state index in [0.717, 1.165) is 42.1 Å². The monoisotopic (exact) mass is 364 g/mol. The molecule has 5 nitrogen and oxygen atoms in total. The molecule has 5 fully saturated rings. The Morgan fingerprint density at radius 3 is 2.56 bits per heavy atom. The average molecular weight is 364 g/mol. The van der Waals surface area contributed by atoms with Crippen LogP contribution in [-0.4, -0.2) is 27.4 Å². The van der Waals surface area contributed by atoms with Crippen molar-refractivity contribution in [1.82, 2.24) is 20.0 Å². The number of hydrogen-bond acceptors (Lipinski definition) is 3. The summed E-state index contributed by atoms with van der Waals surface area (Å²) in [6.07, 6.45) is 12.0. The third-order valence-corrected chi connectivity index (χ3v) is 7.58. The second-order valence-corrected chi connectivity index (χ2v) is 9.58. The zero-order chi connectivity index (χ0) is 18.0. The zero-order valence-corrected chi connectivity index (χ0v) is 15.8. The van der Waals surface area contributed by atoms with Gasteiger partial charge in [-0.1, -0.05) is 6.07 Å². The molecule has 27 heavy (non-hydrogen) atoms. The molecule has 3 heterocycles. The van der Waals surface area contributed by atoms with E-state index in [-0.39, 0.29) is 17.5 Å². The van der Waals surface area contributed by atoms with Gasteiger partial charge in [-0.15, -0.1) is 0 Å². The number of carbonyl (C=O) groups is 1. The smallest absolute Gasteiger partial charge is 0.272 e. The Balaban J connectivity index is 1.34. The topological polar surface area (TPSA) is 58.4 Å². The largest absolute Gasteiger partial charge is 0.345 e. The number of pyridine rings is 1. The van der Waals surface area contributed by atoms with Crippen LogP contribution in [0.5, 0.6) is 0 Å². The SMILES string of the molecule is O=C(NC12CC3CC(CC(C3)C1)C2)c1nc(C2CCCN2)n2ccccc12. The number of fused-ring (bicyclic) bond motifs is 1. The van der Waals surface area contributed by atoms with E-state index in [4.69, 9.17) is 4.98 Å². The van der Waals surface area contributed by atoms with E-state index in [1.165, 1.54) is 44.9 Å². The highest BCUT2D eigenvalue weighted by Crippen LogP contribution is 2.55. The summed E-state index contributed by atoms with van der Waals surface area (Å²) in [5, 5.41) is 7.03. The molecule has 0 aromatic carbocycles. The van der Waals surface area contributed by atoms with Crippen molar-refractivity contribution >= 4 is 11.4 Å². The minimum atomic E-state index is 0.0301. The van der Waals surface area contributed by atoms with Crippen LogP contribution < -0.4 is 10.6 Å². The van der Waals surface area contributed by atoms with Gasteiger partial charge in [-0.3, -0.25) is 4.79 Å². The molecule has 142 valence electrons. The van der Waals surface area contributed by atoms with Crippen molar-refractivity contribution in [3.05, 3.63) is 35.9 Å². The van der Waals surface area contributed by atoms with Crippen molar-refractivity contribution in [2.75, 3.05) is 6.54 Å². The summed E-state index contributed by atoms with van der Waals surface area (Å²) in [5.41, 5.74) is 1.57. The fraction of sp³-hybridized carbons (Fsp3) is 0.636. The lowest BCUT2D eigenvalue weighted by Gasteiger charge is -2.56. The van der Waals surface area contributed by atoms with Crippen LogP contribution in [0.15, 0.2) is 24.4 Å². The number of carbonyl (C=O) groups excluding carboxylic acids is 1. The Morgan fingerprint density at radius 1 is 1.15 bits per heavy atom. The van der Waals surface area contributed by atoms with Gasteiger partial charge in [0.25, 0.3) is 5.91 Å². The maximum Gasteiger partial charge on any atom is 0.272 e. The highest BCUT2D eigenvalue weighted by atomic mass is 16.2. The molecule has 2 aromatic rings. The standard InChI is InChI=1S/C22H28N4O/c27-21(25-22-11-14-8-15(12-22)10-16(9-14)13-22)19-18-5-1-2-7-26(18)20(24-19)17-4-3-6-23-17/h1-2,5,7,14-17,23H,3-4,6,8-13H2,(H,25,27). The minimum absolute atomic E-state index is 0.0301. The lowest BCUT2D eigenvalue weighted by molar-refractivity contribution is -0.0167. The summed E-state index contributed by atoms with van der Waals surface area (Å²) in [6.45, 7) is 1.03. The Kier molecular flexibility index (Phi) is 3.46. The maximum atomic E-state index is 13.4. The maximum absolute atomic E-state index is 13.4. The molecule has 1 atom stereocenters. The molecule has 7 rings (SSSR count). The zero-order valence-electron chi connectivity index (χ0n) is 15.8. The number of hydrogen-bond donors (Lipinski definition) is 2. The molecule has 2 aromatic heterocycles. The van der Waals surface area contributed by atoms with Gasteiger partial charge in [-0.25, -0.2) is 4.98 Å². The normalized spacial score (nSPS) is 37.2. The highest BCUT2D eigenvalue weighted by molar-refractivity contribution is 5.99. The van der Waals surface area contributed by atoms with E-state index in [9.17, 15) is 4.79 Å². The third-order valence-electron chi connectivity index (χ3n) is 7.58. The van der Waals surface area contributed by atoms with Crippen molar-refractivity contribution < 1.29 is 4.79 Å². The number of nitrogens with zero attached hydrogens (tertiary/aromatic N) is 2. The fourth-order valence-corrected chi connectivity index (χ4v) is 6.94. The van der Waals surface area contributed by atoms with Crippen molar-refractivity contribution in [3.63, 3.8) is 0 Å². The van der Waals surface area contributed by atoms with E-state index in [1.54, 1.807) is 0 Å². The second kappa shape index (κ2) is 5.81. The van der Waals surface area contributed by atoms with E-state index in [0.29, 0.717) is 5.69 Å². The molecule has 1 saturated heterocycles. The van der Waals surface area contributed by atoms with Crippen molar-refractivity contribution in [1.29, 1.82) is 0 Å². The third kappa shape index (κ3) is 2.54. The number of imidazole rings is 1. The summed E-state index contributed by atoms with van der Waals surface area (Å²) >= 11 is 0. The van der Waals surface area contributed by atoms with Crippen molar-refractivity contribution in [2.45, 2.75) is 62.9 Å². The van der Waals surface area contributed by atoms with Gasteiger partial charge < -0.3 is 15.0 Å². The molecule has 5 aliphatic rings. The van der Waals surface area contributed by atoms with Gasteiger partial charge in [0.1, 0.15) is 5.82 Å². The van der Waals surface area contributed by atoms with E-state index in [1.807, 2.05) is 24.4 Å². The lowest BCUT2D eigenvalue weighted by Crippen LogP contribution is -2.59. The number of amides is 1. The van der Waals surface area contributed by atoms with Gasteiger partial charge in [0, 0.05) is 11.7 Å². The van der Waals surface area contributed by atoms with Gasteiger partial charge in [-0.2, -0.15) is 0 Å². The molecular formula is C22H28N4O. The molecule has 4 bridgehead atoms. The molecule has 5 heteroatoms. The molecule has 1 unspecified atom stereocenters. The summed E-state index contributed by atoms with van der Waals surface area (Å²) < 4.78 is 2.11. The minimum Gasteiger partial charge on any atom is -0.345 e. The fourth-order valence-electron chi connectivity index (χ4n) is 6.94. The summed E-state index contributed by atoms with van der Waals surface area (Å²) in [6, 6.07) is 6.30. The molecular weight excluding hydrogens is 336 g/mol. The first-order valence-corrected chi connectivity index (χ1v) is 10.7. The van der Waals surface area contributed by atoms with Crippen molar-refractivity contribution in [2.24, 2.45) is 17.8 Å². The lowest BCUT2D eigenvalue weighted by atomic mass is 9.53. The van der Waals surface area contributed by atoms with Crippen LogP contribution in [0.25, 0.3) is 5.52 Å². The van der Waals surface area contributed by atoms with Gasteiger partial charge in [0.2, 0.25) is 0 Å². The molecule has 4 saturated carbocycles. The number of rotatable bonds is 3. The highest BCUT2D eigenvalue weighted by Gasteiger charge is 2.51. The Hall–Kier alpha value is -1.88. The van der Waals surface area contributed by atoms with Crippen LogP contribution in [0.3, 0.4) is 0 Å². The van der Waals surface area contributed by atoms with Crippen LogP contribution in [-0.2, 0) is 0 Å². The summed E-state index contributed by atoms with van der Waals surface area (Å²) in [4.78, 5) is 18.2. The summed E-state index contributed by atoms with van der Waals surface area (Å²) in [5.74, 6) is 3.50. The van der Waals surface area contributed by atoms with Crippen LogP contribution in [0.2, 0.25) is 0 Å². The Morgan fingerprint density at radius 2 is 1.89 bits per heavy atom. The quantitative estimate of drug-likeness (QED) is 0.877. The van der Waals surface area contributed by atoms with Gasteiger partial charge in [0.15, 0.2) is 5.69 Å². The first-order chi connectivity index (χ1) is 13.2.